The van der Waals surface area contributed by atoms with Crippen LogP contribution in [-0.2, 0) is 29.1 Å². The minimum absolute atomic E-state index is 0.000362. The van der Waals surface area contributed by atoms with E-state index in [1.54, 1.807) is 41.3 Å². The molecule has 0 saturated carbocycles. The number of fused-ring (bicyclic) bond motifs is 2. The highest BCUT2D eigenvalue weighted by Crippen LogP contribution is 2.42. The van der Waals surface area contributed by atoms with Crippen molar-refractivity contribution in [2.75, 3.05) is 25.1 Å². The molecule has 2 fully saturated rings. The third-order valence-electron chi connectivity index (χ3n) is 7.99. The Balaban J connectivity index is 1.38. The number of likely N-dealkylation sites (tertiary alicyclic amines) is 1. The molecular formula is C31H29N4O8S+. The van der Waals surface area contributed by atoms with Gasteiger partial charge in [0.05, 0.1) is 16.9 Å². The number of anilines is 1. The maximum absolute atomic E-state index is 14.1. The van der Waals surface area contributed by atoms with Crippen LogP contribution in [0.15, 0.2) is 63.9 Å². The maximum atomic E-state index is 14.1. The Hall–Kier alpha value is -5.04. The van der Waals surface area contributed by atoms with Crippen LogP contribution in [0.4, 0.5) is 5.69 Å². The average Bonchev–Trinajstić information content (AvgIpc) is 3.30. The van der Waals surface area contributed by atoms with Gasteiger partial charge in [-0.15, -0.1) is 5.06 Å². The molecule has 0 atom stereocenters. The van der Waals surface area contributed by atoms with Gasteiger partial charge in [0.25, 0.3) is 17.7 Å². The van der Waals surface area contributed by atoms with Crippen molar-refractivity contribution >= 4 is 50.2 Å². The Bertz CT molecular complexity index is 1990. The Morgan fingerprint density at radius 3 is 2.34 bits per heavy atom. The number of carbonyl (C=O) groups excluding carboxylic acids is 4. The van der Waals surface area contributed by atoms with Gasteiger partial charge >= 0.3 is 5.97 Å². The molecule has 2 aromatic carbocycles. The fourth-order valence-electron chi connectivity index (χ4n) is 5.67. The van der Waals surface area contributed by atoms with Gasteiger partial charge in [-0.05, 0) is 54.8 Å². The number of piperidine rings is 1. The number of nitrogens with zero attached hydrogens (tertiary/aromatic N) is 2. The van der Waals surface area contributed by atoms with E-state index in [0.29, 0.717) is 49.5 Å². The van der Waals surface area contributed by atoms with E-state index in [-0.39, 0.29) is 55.1 Å². The van der Waals surface area contributed by atoms with Gasteiger partial charge in [0.15, 0.2) is 15.2 Å². The van der Waals surface area contributed by atoms with E-state index in [4.69, 9.17) is 20.4 Å². The molecule has 2 saturated heterocycles. The van der Waals surface area contributed by atoms with E-state index in [9.17, 15) is 27.6 Å². The molecular weight excluding hydrogens is 588 g/mol. The topological polar surface area (TPSA) is 183 Å². The number of hydroxylamine groups is 2. The van der Waals surface area contributed by atoms with Gasteiger partial charge in [0.2, 0.25) is 0 Å². The summed E-state index contributed by atoms with van der Waals surface area (Å²) in [5, 5.41) is 7.64. The molecule has 3 aliphatic heterocycles. The lowest BCUT2D eigenvalue weighted by Crippen LogP contribution is -2.44. The molecule has 3 amide bonds. The van der Waals surface area contributed by atoms with E-state index in [1.807, 2.05) is 0 Å². The van der Waals surface area contributed by atoms with Crippen LogP contribution in [0.5, 0.6) is 0 Å². The lowest BCUT2D eigenvalue weighted by atomic mass is 9.89. The van der Waals surface area contributed by atoms with Gasteiger partial charge in [-0.2, -0.15) is 0 Å². The number of benzene rings is 3. The van der Waals surface area contributed by atoms with Crippen LogP contribution < -0.4 is 16.5 Å². The Labute approximate surface area is 251 Å². The summed E-state index contributed by atoms with van der Waals surface area (Å²) in [7, 11) is -3.65. The van der Waals surface area contributed by atoms with Crippen LogP contribution in [0.1, 0.15) is 36.0 Å². The third-order valence-corrected chi connectivity index (χ3v) is 9.10. The summed E-state index contributed by atoms with van der Waals surface area (Å²) in [5.74, 6) is -2.34. The maximum Gasteiger partial charge on any atom is 0.336 e. The highest BCUT2D eigenvalue weighted by atomic mass is 32.2. The van der Waals surface area contributed by atoms with E-state index >= 15 is 0 Å². The molecule has 6 rings (SSSR count). The van der Waals surface area contributed by atoms with Crippen molar-refractivity contribution in [1.82, 2.24) is 9.96 Å². The largest absolute Gasteiger partial charge is 0.456 e. The van der Waals surface area contributed by atoms with Crippen molar-refractivity contribution in [3.05, 3.63) is 65.5 Å². The average molecular weight is 618 g/mol. The molecule has 44 heavy (non-hydrogen) atoms. The van der Waals surface area contributed by atoms with Crippen molar-refractivity contribution < 1.29 is 42.3 Å². The molecule has 0 aromatic heterocycles. The molecule has 0 spiro atoms. The lowest BCUT2D eigenvalue weighted by molar-refractivity contribution is -0.201. The minimum atomic E-state index is -3.65. The van der Waals surface area contributed by atoms with E-state index < -0.39 is 33.5 Å². The first-order valence-corrected chi connectivity index (χ1v) is 15.9. The molecule has 4 N–H and O–H groups in total. The van der Waals surface area contributed by atoms with Gasteiger partial charge in [0, 0.05) is 72.1 Å². The minimum Gasteiger partial charge on any atom is -0.456 e. The highest BCUT2D eigenvalue weighted by molar-refractivity contribution is 7.90. The normalized spacial score (nSPS) is 16.2. The quantitative estimate of drug-likeness (QED) is 0.189. The molecule has 226 valence electrons. The Kier molecular flexibility index (Phi) is 7.20. The summed E-state index contributed by atoms with van der Waals surface area (Å²) in [5.41, 5.74) is 8.75. The fraction of sp³-hybridized carbons (Fsp3) is 0.258. The van der Waals surface area contributed by atoms with Gasteiger partial charge in [0.1, 0.15) is 11.3 Å². The predicted octanol–water partition coefficient (Wildman–Crippen LogP) is 1.31. The fourth-order valence-corrected chi connectivity index (χ4v) is 6.32. The van der Waals surface area contributed by atoms with Crippen LogP contribution >= 0.6 is 0 Å². The number of carbonyl (C=O) groups is 4. The summed E-state index contributed by atoms with van der Waals surface area (Å²) >= 11 is 0. The standard InChI is InChI=1S/C31H28N4O8S/c1-44(40,41)20-4-7-21(30(38)34-12-10-17(11-13-34)31(39)43-35-27(36)8-9-28(35)37)24(16-20)29-22-5-2-18(32)14-25(22)42-26-15-19(33)3-6-23(26)29/h2-7,14-17,32H,8-13,33H2,1H3/p+1. The number of nitrogens with two attached hydrogens (primary N) is 2. The molecule has 4 aliphatic rings. The van der Waals surface area contributed by atoms with E-state index in [0.717, 1.165) is 6.26 Å². The van der Waals surface area contributed by atoms with Crippen molar-refractivity contribution in [3.8, 4) is 22.5 Å². The molecule has 12 nitrogen and oxygen atoms in total. The number of hydrogen-bond donors (Lipinski definition) is 2. The van der Waals surface area contributed by atoms with Crippen LogP contribution in [0.3, 0.4) is 0 Å². The van der Waals surface area contributed by atoms with E-state index in [1.165, 1.54) is 18.2 Å². The summed E-state index contributed by atoms with van der Waals surface area (Å²) in [6.45, 7) is 0.402. The van der Waals surface area contributed by atoms with Crippen LogP contribution in [0.2, 0.25) is 0 Å². The second-order valence-electron chi connectivity index (χ2n) is 11.0. The second-order valence-corrected chi connectivity index (χ2v) is 13.0. The summed E-state index contributed by atoms with van der Waals surface area (Å²) in [4.78, 5) is 57.2. The molecule has 0 radical (unpaired) electrons. The zero-order valence-corrected chi connectivity index (χ0v) is 24.6. The van der Waals surface area contributed by atoms with Gasteiger partial charge in [-0.3, -0.25) is 19.8 Å². The third kappa shape index (κ3) is 5.30. The first-order chi connectivity index (χ1) is 20.9. The smallest absolute Gasteiger partial charge is 0.336 e. The molecule has 0 bridgehead atoms. The summed E-state index contributed by atoms with van der Waals surface area (Å²) in [6.07, 6.45) is 1.61. The number of imide groups is 1. The Morgan fingerprint density at radius 2 is 1.66 bits per heavy atom. The lowest BCUT2D eigenvalue weighted by Gasteiger charge is -2.32. The zero-order chi connectivity index (χ0) is 31.3. The predicted molar refractivity (Wildman–Crippen MR) is 157 cm³/mol. The van der Waals surface area contributed by atoms with Crippen molar-refractivity contribution in [2.24, 2.45) is 5.92 Å². The number of rotatable bonds is 5. The summed E-state index contributed by atoms with van der Waals surface area (Å²) < 4.78 is 31.4. The SMILES string of the molecule is CS(=O)(=O)c1ccc(C(=O)N2CCC(C(=O)ON3C(=O)CCC3=O)CC2)c(-c2c3ccc(=[NH2+])cc-3oc3cc(N)ccc23)c1. The number of amides is 3. The molecule has 0 unspecified atom stereocenters. The first-order valence-electron chi connectivity index (χ1n) is 14.0. The number of nitrogen functional groups attached to an aromatic ring is 1. The second kappa shape index (κ2) is 10.9. The van der Waals surface area contributed by atoms with Crippen LogP contribution in [0.25, 0.3) is 33.4 Å². The van der Waals surface area contributed by atoms with Crippen molar-refractivity contribution in [2.45, 2.75) is 30.6 Å². The highest BCUT2D eigenvalue weighted by Gasteiger charge is 2.37. The van der Waals surface area contributed by atoms with Gasteiger partial charge < -0.3 is 19.9 Å². The first kappa shape index (κ1) is 29.1. The molecule has 1 aliphatic carbocycles. The number of hydrogen-bond acceptors (Lipinski definition) is 9. The monoisotopic (exact) mass is 617 g/mol. The summed E-state index contributed by atoms with van der Waals surface area (Å²) in [6, 6.07) is 14.6. The zero-order valence-electron chi connectivity index (χ0n) is 23.7. The van der Waals surface area contributed by atoms with Crippen LogP contribution in [0, 0.1) is 5.92 Å². The van der Waals surface area contributed by atoms with Crippen LogP contribution in [-0.4, -0.2) is 61.4 Å². The van der Waals surface area contributed by atoms with Crippen molar-refractivity contribution in [3.63, 3.8) is 0 Å². The van der Waals surface area contributed by atoms with Gasteiger partial charge in [-0.1, -0.05) is 0 Å². The molecule has 2 aromatic rings. The number of sulfone groups is 1. The molecule has 3 heterocycles. The Morgan fingerprint density at radius 1 is 0.955 bits per heavy atom. The molecule has 13 heteroatoms. The van der Waals surface area contributed by atoms with Crippen molar-refractivity contribution in [1.29, 1.82) is 0 Å². The van der Waals surface area contributed by atoms with Gasteiger partial charge in [-0.25, -0.2) is 13.2 Å². The van der Waals surface area contributed by atoms with E-state index in [2.05, 4.69) is 0 Å².